The lowest BCUT2D eigenvalue weighted by atomic mass is 10.2. The number of hydrogen-bond donors (Lipinski definition) is 2. The summed E-state index contributed by atoms with van der Waals surface area (Å²) in [6.07, 6.45) is 0.481. The third-order valence-corrected chi connectivity index (χ3v) is 1.56. The van der Waals surface area contributed by atoms with Crippen LogP contribution in [-0.2, 0) is 9.59 Å². The summed E-state index contributed by atoms with van der Waals surface area (Å²) in [6.45, 7) is 1.64. The fraction of sp³-hybridized carbons (Fsp3) is 0.667. The largest absolute Gasteiger partial charge is 0.344 e. The molecule has 5 heteroatoms. The molecule has 1 fully saturated rings. The van der Waals surface area contributed by atoms with E-state index in [0.717, 1.165) is 0 Å². The SMILES string of the molecule is CC(=O)NC1CCN(O)C1=O. The lowest BCUT2D eigenvalue weighted by Crippen LogP contribution is -2.39. The Bertz CT molecular complexity index is 192. The van der Waals surface area contributed by atoms with Crippen molar-refractivity contribution in [2.24, 2.45) is 0 Å². The van der Waals surface area contributed by atoms with Crippen LogP contribution >= 0.6 is 0 Å². The van der Waals surface area contributed by atoms with Gasteiger partial charge in [0.15, 0.2) is 0 Å². The molecule has 2 amide bonds. The van der Waals surface area contributed by atoms with Gasteiger partial charge in [0.1, 0.15) is 6.04 Å². The van der Waals surface area contributed by atoms with E-state index in [1.807, 2.05) is 0 Å². The highest BCUT2D eigenvalue weighted by atomic mass is 16.5. The molecule has 1 unspecified atom stereocenters. The molecular weight excluding hydrogens is 148 g/mol. The molecule has 0 aromatic heterocycles. The second-order valence-electron chi connectivity index (χ2n) is 2.50. The number of hydroxylamine groups is 2. The zero-order valence-electron chi connectivity index (χ0n) is 6.20. The summed E-state index contributed by atoms with van der Waals surface area (Å²) in [5.74, 6) is -0.682. The highest BCUT2D eigenvalue weighted by molar-refractivity contribution is 5.87. The molecule has 0 bridgehead atoms. The first kappa shape index (κ1) is 8.00. The predicted molar refractivity (Wildman–Crippen MR) is 35.7 cm³/mol. The Balaban J connectivity index is 2.49. The maximum Gasteiger partial charge on any atom is 0.268 e. The van der Waals surface area contributed by atoms with Gasteiger partial charge in [-0.25, -0.2) is 5.06 Å². The van der Waals surface area contributed by atoms with Crippen molar-refractivity contribution in [1.82, 2.24) is 10.4 Å². The van der Waals surface area contributed by atoms with E-state index in [-0.39, 0.29) is 5.91 Å². The van der Waals surface area contributed by atoms with Gasteiger partial charge < -0.3 is 5.32 Å². The Morgan fingerprint density at radius 3 is 2.82 bits per heavy atom. The molecule has 1 rings (SSSR count). The molecule has 1 atom stereocenters. The number of carbonyl (C=O) groups is 2. The topological polar surface area (TPSA) is 69.6 Å². The summed E-state index contributed by atoms with van der Waals surface area (Å²) in [7, 11) is 0. The third kappa shape index (κ3) is 1.68. The van der Waals surface area contributed by atoms with Crippen molar-refractivity contribution in [2.45, 2.75) is 19.4 Å². The highest BCUT2D eigenvalue weighted by Crippen LogP contribution is 2.07. The van der Waals surface area contributed by atoms with E-state index < -0.39 is 11.9 Å². The van der Waals surface area contributed by atoms with E-state index in [0.29, 0.717) is 18.0 Å². The predicted octanol–water partition coefficient (Wildman–Crippen LogP) is -0.887. The number of rotatable bonds is 1. The van der Waals surface area contributed by atoms with Gasteiger partial charge in [-0.05, 0) is 6.42 Å². The molecular formula is C6H10N2O3. The van der Waals surface area contributed by atoms with E-state index in [1.165, 1.54) is 6.92 Å². The maximum atomic E-state index is 10.9. The van der Waals surface area contributed by atoms with E-state index in [1.54, 1.807) is 0 Å². The first-order valence-electron chi connectivity index (χ1n) is 3.38. The van der Waals surface area contributed by atoms with Crippen LogP contribution in [0, 0.1) is 0 Å². The molecule has 11 heavy (non-hydrogen) atoms. The lowest BCUT2D eigenvalue weighted by molar-refractivity contribution is -0.159. The number of hydrogen-bond acceptors (Lipinski definition) is 3. The van der Waals surface area contributed by atoms with Gasteiger partial charge >= 0.3 is 0 Å². The summed E-state index contributed by atoms with van der Waals surface area (Å²) >= 11 is 0. The van der Waals surface area contributed by atoms with Crippen LogP contribution in [0.25, 0.3) is 0 Å². The van der Waals surface area contributed by atoms with Crippen molar-refractivity contribution in [2.75, 3.05) is 6.54 Å². The van der Waals surface area contributed by atoms with Crippen molar-refractivity contribution < 1.29 is 14.8 Å². The van der Waals surface area contributed by atoms with Gasteiger partial charge in [-0.2, -0.15) is 0 Å². The first-order chi connectivity index (χ1) is 5.11. The standard InChI is InChI=1S/C6H10N2O3/c1-4(9)7-5-2-3-8(11)6(5)10/h5,11H,2-3H2,1H3,(H,7,9). The number of nitrogens with one attached hydrogen (secondary N) is 1. The molecule has 1 aliphatic rings. The minimum atomic E-state index is -0.530. The second-order valence-corrected chi connectivity index (χ2v) is 2.50. The summed E-state index contributed by atoms with van der Waals surface area (Å²) < 4.78 is 0. The smallest absolute Gasteiger partial charge is 0.268 e. The van der Waals surface area contributed by atoms with Gasteiger partial charge in [-0.15, -0.1) is 0 Å². The summed E-state index contributed by atoms with van der Waals surface area (Å²) in [6, 6.07) is -0.530. The van der Waals surface area contributed by atoms with Crippen LogP contribution in [-0.4, -0.2) is 34.7 Å². The maximum absolute atomic E-state index is 10.9. The quantitative estimate of drug-likeness (QED) is 0.486. The summed E-state index contributed by atoms with van der Waals surface area (Å²) in [4.78, 5) is 21.4. The zero-order valence-corrected chi connectivity index (χ0v) is 6.20. The van der Waals surface area contributed by atoms with Crippen molar-refractivity contribution in [1.29, 1.82) is 0 Å². The molecule has 0 aromatic rings. The summed E-state index contributed by atoms with van der Waals surface area (Å²) in [5.41, 5.74) is 0. The van der Waals surface area contributed by atoms with Crippen LogP contribution in [0.3, 0.4) is 0 Å². The molecule has 2 N–H and O–H groups in total. The minimum Gasteiger partial charge on any atom is -0.344 e. The highest BCUT2D eigenvalue weighted by Gasteiger charge is 2.30. The number of amides is 2. The van der Waals surface area contributed by atoms with Crippen molar-refractivity contribution >= 4 is 11.8 Å². The van der Waals surface area contributed by atoms with E-state index >= 15 is 0 Å². The molecule has 0 radical (unpaired) electrons. The van der Waals surface area contributed by atoms with E-state index in [2.05, 4.69) is 5.32 Å². The Kier molecular flexibility index (Phi) is 2.09. The van der Waals surface area contributed by atoms with E-state index in [9.17, 15) is 9.59 Å². The van der Waals surface area contributed by atoms with Gasteiger partial charge in [0.25, 0.3) is 5.91 Å². The van der Waals surface area contributed by atoms with Crippen molar-refractivity contribution in [3.05, 3.63) is 0 Å². The molecule has 0 saturated carbocycles. The number of nitrogens with zero attached hydrogens (tertiary/aromatic N) is 1. The fourth-order valence-corrected chi connectivity index (χ4v) is 1.04. The molecule has 0 aliphatic carbocycles. The van der Waals surface area contributed by atoms with Crippen LogP contribution in [0.5, 0.6) is 0 Å². The van der Waals surface area contributed by atoms with Crippen LogP contribution in [0.2, 0.25) is 0 Å². The fourth-order valence-electron chi connectivity index (χ4n) is 1.04. The molecule has 0 aromatic carbocycles. The molecule has 1 aliphatic heterocycles. The van der Waals surface area contributed by atoms with Crippen LogP contribution in [0.4, 0.5) is 0 Å². The van der Waals surface area contributed by atoms with Gasteiger partial charge in [0, 0.05) is 6.92 Å². The lowest BCUT2D eigenvalue weighted by Gasteiger charge is -2.08. The van der Waals surface area contributed by atoms with Gasteiger partial charge in [-0.3, -0.25) is 14.8 Å². The van der Waals surface area contributed by atoms with Crippen LogP contribution in [0.15, 0.2) is 0 Å². The van der Waals surface area contributed by atoms with Gasteiger partial charge in [-0.1, -0.05) is 0 Å². The molecule has 0 spiro atoms. The van der Waals surface area contributed by atoms with Crippen LogP contribution < -0.4 is 5.32 Å². The molecule has 1 saturated heterocycles. The second kappa shape index (κ2) is 2.87. The average Bonchev–Trinajstić information content (AvgIpc) is 2.18. The monoisotopic (exact) mass is 158 g/mol. The molecule has 1 heterocycles. The van der Waals surface area contributed by atoms with Crippen molar-refractivity contribution in [3.8, 4) is 0 Å². The molecule has 5 nitrogen and oxygen atoms in total. The third-order valence-electron chi connectivity index (χ3n) is 1.56. The normalized spacial score (nSPS) is 24.0. The number of carbonyl (C=O) groups excluding carboxylic acids is 2. The Hall–Kier alpha value is -1.10. The van der Waals surface area contributed by atoms with Gasteiger partial charge in [0.2, 0.25) is 5.91 Å². The van der Waals surface area contributed by atoms with Crippen LogP contribution in [0.1, 0.15) is 13.3 Å². The Morgan fingerprint density at radius 1 is 1.82 bits per heavy atom. The Labute approximate surface area is 63.9 Å². The minimum absolute atomic E-state index is 0.251. The first-order valence-corrected chi connectivity index (χ1v) is 3.38. The zero-order chi connectivity index (χ0) is 8.43. The molecule has 62 valence electrons. The van der Waals surface area contributed by atoms with Gasteiger partial charge in [0.05, 0.1) is 6.54 Å². The van der Waals surface area contributed by atoms with Crippen molar-refractivity contribution in [3.63, 3.8) is 0 Å². The van der Waals surface area contributed by atoms with E-state index in [4.69, 9.17) is 5.21 Å². The average molecular weight is 158 g/mol. The Morgan fingerprint density at radius 2 is 2.45 bits per heavy atom. The summed E-state index contributed by atoms with van der Waals surface area (Å²) in [5, 5.41) is 11.9.